The van der Waals surface area contributed by atoms with Gasteiger partial charge in [-0.05, 0) is 56.0 Å². The Bertz CT molecular complexity index is 1410. The lowest BCUT2D eigenvalue weighted by molar-refractivity contribution is 0.0727. The van der Waals surface area contributed by atoms with Crippen molar-refractivity contribution in [2.45, 2.75) is 38.6 Å². The van der Waals surface area contributed by atoms with Gasteiger partial charge >= 0.3 is 0 Å². The van der Waals surface area contributed by atoms with Gasteiger partial charge in [0.25, 0.3) is 5.91 Å². The second-order valence-electron chi connectivity index (χ2n) is 8.92. The van der Waals surface area contributed by atoms with E-state index in [0.717, 1.165) is 29.8 Å². The molecule has 2 aliphatic rings. The molecular weight excluding hydrogens is 435 g/mol. The summed E-state index contributed by atoms with van der Waals surface area (Å²) in [5, 5.41) is 15.1. The minimum atomic E-state index is -0.554. The number of amides is 1. The third-order valence-electron chi connectivity index (χ3n) is 6.56. The fourth-order valence-electron chi connectivity index (χ4n) is 4.52. The zero-order valence-electron chi connectivity index (χ0n) is 18.6. The maximum absolute atomic E-state index is 14.9. The van der Waals surface area contributed by atoms with Crippen LogP contribution >= 0.6 is 0 Å². The summed E-state index contributed by atoms with van der Waals surface area (Å²) in [4.78, 5) is 23.6. The van der Waals surface area contributed by atoms with Crippen LogP contribution in [0.25, 0.3) is 11.5 Å². The molecule has 1 aliphatic carbocycles. The number of hydrogen-bond donors (Lipinski definition) is 1. The topological polar surface area (TPSA) is 89.1 Å². The lowest BCUT2D eigenvalue weighted by Gasteiger charge is -2.26. The van der Waals surface area contributed by atoms with Gasteiger partial charge in [-0.1, -0.05) is 6.07 Å². The van der Waals surface area contributed by atoms with Crippen molar-refractivity contribution in [1.82, 2.24) is 29.2 Å². The molecule has 0 saturated heterocycles. The summed E-state index contributed by atoms with van der Waals surface area (Å²) in [6, 6.07) is 8.34. The summed E-state index contributed by atoms with van der Waals surface area (Å²) in [5.41, 5.74) is 3.78. The Hall–Kier alpha value is -4.01. The van der Waals surface area contributed by atoms with E-state index in [9.17, 15) is 14.3 Å². The predicted octanol–water partition coefficient (Wildman–Crippen LogP) is 3.68. The molecule has 4 heterocycles. The summed E-state index contributed by atoms with van der Waals surface area (Å²) in [6.45, 7) is 2.36. The van der Waals surface area contributed by atoms with Gasteiger partial charge in [0, 0.05) is 30.4 Å². The predicted molar refractivity (Wildman–Crippen MR) is 122 cm³/mol. The number of aromatic hydroxyl groups is 1. The van der Waals surface area contributed by atoms with E-state index >= 15 is 0 Å². The van der Waals surface area contributed by atoms with Crippen LogP contribution in [0.4, 0.5) is 4.39 Å². The first kappa shape index (κ1) is 20.6. The number of hydrogen-bond acceptors (Lipinski definition) is 5. The number of benzene rings is 1. The van der Waals surface area contributed by atoms with Crippen molar-refractivity contribution in [3.63, 3.8) is 0 Å². The van der Waals surface area contributed by atoms with Crippen LogP contribution in [0.5, 0.6) is 5.88 Å². The molecule has 0 unspecified atom stereocenters. The Morgan fingerprint density at radius 3 is 2.82 bits per heavy atom. The van der Waals surface area contributed by atoms with Crippen LogP contribution in [0, 0.1) is 12.7 Å². The number of aromatic nitrogens is 5. The highest BCUT2D eigenvalue weighted by molar-refractivity contribution is 5.95. The van der Waals surface area contributed by atoms with E-state index in [0.29, 0.717) is 36.0 Å². The quantitative estimate of drug-likeness (QED) is 0.504. The molecule has 1 saturated carbocycles. The molecule has 1 aliphatic heterocycles. The number of halogens is 1. The average Bonchev–Trinajstić information content (AvgIpc) is 3.49. The second-order valence-corrected chi connectivity index (χ2v) is 8.92. The number of carbonyl (C=O) groups is 1. The fraction of sp³-hybridized carbons (Fsp3) is 0.280. The normalized spacial score (nSPS) is 15.4. The van der Waals surface area contributed by atoms with Crippen LogP contribution in [-0.2, 0) is 13.0 Å². The highest BCUT2D eigenvalue weighted by Gasteiger charge is 2.30. The molecular formula is C25H23FN6O2. The standard InChI is InChI=1S/C25H23FN6O2/c1-15-10-19(26)18(11-22(15)31-12-20(28-14-31)16-5-6-16)24(33)30-9-7-17-21(13-30)29-32(25(17)34)23-4-2-3-8-27-23/h2-4,8,10-12,14,16,34H,5-7,9,13H2,1H3. The van der Waals surface area contributed by atoms with E-state index in [1.54, 1.807) is 35.6 Å². The molecule has 6 rings (SSSR count). The first-order valence-corrected chi connectivity index (χ1v) is 11.3. The van der Waals surface area contributed by atoms with E-state index in [4.69, 9.17) is 0 Å². The second kappa shape index (κ2) is 7.79. The number of imidazole rings is 1. The fourth-order valence-corrected chi connectivity index (χ4v) is 4.52. The van der Waals surface area contributed by atoms with Crippen molar-refractivity contribution in [1.29, 1.82) is 0 Å². The first-order chi connectivity index (χ1) is 16.5. The molecule has 0 bridgehead atoms. The number of pyridine rings is 1. The summed E-state index contributed by atoms with van der Waals surface area (Å²) in [6.07, 6.45) is 8.02. The molecule has 1 N–H and O–H groups in total. The number of fused-ring (bicyclic) bond motifs is 1. The van der Waals surface area contributed by atoms with Crippen molar-refractivity contribution in [2.75, 3.05) is 6.54 Å². The third kappa shape index (κ3) is 3.44. The maximum atomic E-state index is 14.9. The minimum Gasteiger partial charge on any atom is -0.493 e. The maximum Gasteiger partial charge on any atom is 0.257 e. The van der Waals surface area contributed by atoms with Gasteiger partial charge in [-0.15, -0.1) is 0 Å². The molecule has 9 heteroatoms. The number of aryl methyl sites for hydroxylation is 1. The van der Waals surface area contributed by atoms with Gasteiger partial charge in [-0.3, -0.25) is 4.79 Å². The lowest BCUT2D eigenvalue weighted by atomic mass is 10.0. The van der Waals surface area contributed by atoms with Gasteiger partial charge < -0.3 is 14.6 Å². The van der Waals surface area contributed by atoms with Crippen LogP contribution in [-0.4, -0.2) is 46.8 Å². The molecule has 1 fully saturated rings. The van der Waals surface area contributed by atoms with Gasteiger partial charge in [0.1, 0.15) is 5.82 Å². The molecule has 4 aromatic rings. The summed E-state index contributed by atoms with van der Waals surface area (Å²) < 4.78 is 18.2. The zero-order valence-corrected chi connectivity index (χ0v) is 18.6. The Morgan fingerprint density at radius 1 is 1.21 bits per heavy atom. The first-order valence-electron chi connectivity index (χ1n) is 11.3. The molecule has 172 valence electrons. The third-order valence-corrected chi connectivity index (χ3v) is 6.56. The van der Waals surface area contributed by atoms with Crippen molar-refractivity contribution in [3.8, 4) is 17.4 Å². The van der Waals surface area contributed by atoms with Crippen LogP contribution in [0.2, 0.25) is 0 Å². The van der Waals surface area contributed by atoms with E-state index < -0.39 is 11.7 Å². The molecule has 0 atom stereocenters. The number of rotatable bonds is 4. The van der Waals surface area contributed by atoms with Crippen molar-refractivity contribution < 1.29 is 14.3 Å². The van der Waals surface area contributed by atoms with E-state index in [-0.39, 0.29) is 18.0 Å². The van der Waals surface area contributed by atoms with E-state index in [1.807, 2.05) is 23.8 Å². The van der Waals surface area contributed by atoms with Crippen molar-refractivity contribution >= 4 is 5.91 Å². The molecule has 0 radical (unpaired) electrons. The summed E-state index contributed by atoms with van der Waals surface area (Å²) in [5.74, 6) is 0.0665. The summed E-state index contributed by atoms with van der Waals surface area (Å²) >= 11 is 0. The van der Waals surface area contributed by atoms with Gasteiger partial charge in [0.2, 0.25) is 5.88 Å². The molecule has 0 spiro atoms. The van der Waals surface area contributed by atoms with Crippen LogP contribution < -0.4 is 0 Å². The van der Waals surface area contributed by atoms with Crippen molar-refractivity contribution in [3.05, 3.63) is 82.9 Å². The Balaban J connectivity index is 1.29. The Kier molecular flexibility index (Phi) is 4.72. The molecule has 1 aromatic carbocycles. The average molecular weight is 458 g/mol. The van der Waals surface area contributed by atoms with Crippen LogP contribution in [0.3, 0.4) is 0 Å². The molecule has 1 amide bonds. The summed E-state index contributed by atoms with van der Waals surface area (Å²) in [7, 11) is 0. The smallest absolute Gasteiger partial charge is 0.257 e. The minimum absolute atomic E-state index is 0.0131. The monoisotopic (exact) mass is 458 g/mol. The number of nitrogens with zero attached hydrogens (tertiary/aromatic N) is 6. The van der Waals surface area contributed by atoms with Crippen molar-refractivity contribution in [2.24, 2.45) is 0 Å². The molecule has 34 heavy (non-hydrogen) atoms. The molecule has 3 aromatic heterocycles. The molecule has 8 nitrogen and oxygen atoms in total. The van der Waals surface area contributed by atoms with E-state index in [2.05, 4.69) is 15.1 Å². The Morgan fingerprint density at radius 2 is 2.06 bits per heavy atom. The van der Waals surface area contributed by atoms with Gasteiger partial charge in [-0.25, -0.2) is 14.4 Å². The SMILES string of the molecule is Cc1cc(F)c(C(=O)N2CCc3c(nn(-c4ccccn4)c3O)C2)cc1-n1cnc(C2CC2)c1. The highest BCUT2D eigenvalue weighted by atomic mass is 19.1. The van der Waals surface area contributed by atoms with Gasteiger partial charge in [0.15, 0.2) is 5.82 Å². The largest absolute Gasteiger partial charge is 0.493 e. The van der Waals surface area contributed by atoms with E-state index in [1.165, 1.54) is 10.7 Å². The Labute approximate surface area is 195 Å². The van der Waals surface area contributed by atoms with Gasteiger partial charge in [0.05, 0.1) is 35.5 Å². The van der Waals surface area contributed by atoms with Crippen LogP contribution in [0.15, 0.2) is 49.1 Å². The highest BCUT2D eigenvalue weighted by Crippen LogP contribution is 2.39. The zero-order chi connectivity index (χ0) is 23.4. The van der Waals surface area contributed by atoms with Crippen LogP contribution in [0.1, 0.15) is 51.6 Å². The number of carbonyl (C=O) groups excluding carboxylic acids is 1. The van der Waals surface area contributed by atoms with Gasteiger partial charge in [-0.2, -0.15) is 9.78 Å². The lowest BCUT2D eigenvalue weighted by Crippen LogP contribution is -2.36.